The summed E-state index contributed by atoms with van der Waals surface area (Å²) in [7, 11) is -3.29. The van der Waals surface area contributed by atoms with E-state index in [9.17, 15) is 8.42 Å². The van der Waals surface area contributed by atoms with Crippen LogP contribution >= 0.6 is 15.9 Å². The van der Waals surface area contributed by atoms with Crippen LogP contribution in [0.1, 0.15) is 12.5 Å². The molecule has 0 aromatic heterocycles. The summed E-state index contributed by atoms with van der Waals surface area (Å²) in [5, 5.41) is 0. The van der Waals surface area contributed by atoms with Gasteiger partial charge in [-0.15, -0.1) is 0 Å². The van der Waals surface area contributed by atoms with Crippen LogP contribution in [0.5, 0.6) is 0 Å². The van der Waals surface area contributed by atoms with Gasteiger partial charge in [-0.1, -0.05) is 15.9 Å². The summed E-state index contributed by atoms with van der Waals surface area (Å²) in [4.78, 5) is 0. The zero-order chi connectivity index (χ0) is 13.8. The molecular formula is C12H18BrNO3S. The van der Waals surface area contributed by atoms with Gasteiger partial charge < -0.3 is 4.74 Å². The number of sulfonamides is 1. The van der Waals surface area contributed by atoms with Gasteiger partial charge in [-0.2, -0.15) is 0 Å². The first-order valence-electron chi connectivity index (χ1n) is 5.68. The van der Waals surface area contributed by atoms with Gasteiger partial charge in [-0.05, 0) is 37.6 Å². The highest BCUT2D eigenvalue weighted by Gasteiger charge is 2.17. The lowest BCUT2D eigenvalue weighted by Gasteiger charge is -2.22. The summed E-state index contributed by atoms with van der Waals surface area (Å²) >= 11 is 3.40. The summed E-state index contributed by atoms with van der Waals surface area (Å²) in [5.41, 5.74) is 1.66. The Bertz CT molecular complexity index is 502. The van der Waals surface area contributed by atoms with E-state index in [2.05, 4.69) is 15.9 Å². The minimum atomic E-state index is -3.29. The van der Waals surface area contributed by atoms with Gasteiger partial charge in [0.25, 0.3) is 0 Å². The number of anilines is 1. The third-order valence-corrected chi connectivity index (χ3v) is 4.56. The molecule has 6 heteroatoms. The van der Waals surface area contributed by atoms with Crippen molar-refractivity contribution in [3.05, 3.63) is 28.2 Å². The van der Waals surface area contributed by atoms with E-state index in [0.29, 0.717) is 25.4 Å². The van der Waals surface area contributed by atoms with Crippen molar-refractivity contribution in [1.29, 1.82) is 0 Å². The Hall–Kier alpha value is -0.590. The molecule has 0 bridgehead atoms. The molecule has 102 valence electrons. The average molecular weight is 336 g/mol. The molecule has 0 spiro atoms. The van der Waals surface area contributed by atoms with Crippen LogP contribution in [0.15, 0.2) is 22.7 Å². The maximum Gasteiger partial charge on any atom is 0.232 e. The van der Waals surface area contributed by atoms with Gasteiger partial charge in [-0.25, -0.2) is 8.42 Å². The van der Waals surface area contributed by atoms with Crippen molar-refractivity contribution in [3.8, 4) is 0 Å². The van der Waals surface area contributed by atoms with Crippen LogP contribution in [0.2, 0.25) is 0 Å². The Morgan fingerprint density at radius 1 is 1.39 bits per heavy atom. The molecule has 1 aromatic carbocycles. The Morgan fingerprint density at radius 3 is 2.56 bits per heavy atom. The predicted molar refractivity (Wildman–Crippen MR) is 77.6 cm³/mol. The van der Waals surface area contributed by atoms with Gasteiger partial charge in [-0.3, -0.25) is 4.31 Å². The molecule has 18 heavy (non-hydrogen) atoms. The summed E-state index contributed by atoms with van der Waals surface area (Å²) < 4.78 is 31.1. The van der Waals surface area contributed by atoms with Crippen molar-refractivity contribution < 1.29 is 13.2 Å². The first kappa shape index (κ1) is 15.5. The highest BCUT2D eigenvalue weighted by Crippen LogP contribution is 2.24. The fraction of sp³-hybridized carbons (Fsp3) is 0.500. The predicted octanol–water partition coefficient (Wildman–Crippen LogP) is 2.56. The van der Waals surface area contributed by atoms with Crippen LogP contribution in [0.4, 0.5) is 5.69 Å². The number of halogens is 1. The molecule has 1 rings (SSSR count). The van der Waals surface area contributed by atoms with Crippen molar-refractivity contribution in [2.24, 2.45) is 0 Å². The van der Waals surface area contributed by atoms with E-state index in [1.807, 2.05) is 26.0 Å². The van der Waals surface area contributed by atoms with Crippen LogP contribution in [0.25, 0.3) is 0 Å². The van der Waals surface area contributed by atoms with Gasteiger partial charge in [0, 0.05) is 11.1 Å². The maximum atomic E-state index is 11.8. The van der Waals surface area contributed by atoms with E-state index in [-0.39, 0.29) is 0 Å². The molecule has 1 aromatic rings. The lowest BCUT2D eigenvalue weighted by Crippen LogP contribution is -2.33. The molecule has 0 amide bonds. The SMILES string of the molecule is CCOCCN(c1ccc(Br)c(C)c1)S(C)(=O)=O. The van der Waals surface area contributed by atoms with Gasteiger partial charge in [0.2, 0.25) is 10.0 Å². The van der Waals surface area contributed by atoms with Crippen LogP contribution in [-0.2, 0) is 14.8 Å². The Balaban J connectivity index is 2.99. The summed E-state index contributed by atoms with van der Waals surface area (Å²) in [5.74, 6) is 0. The Labute approximate surface area is 117 Å². The number of aryl methyl sites for hydroxylation is 1. The fourth-order valence-electron chi connectivity index (χ4n) is 1.56. The number of hydrogen-bond donors (Lipinski definition) is 0. The maximum absolute atomic E-state index is 11.8. The smallest absolute Gasteiger partial charge is 0.232 e. The van der Waals surface area contributed by atoms with Gasteiger partial charge >= 0.3 is 0 Å². The molecule has 0 aliphatic heterocycles. The minimum Gasteiger partial charge on any atom is -0.380 e. The van der Waals surface area contributed by atoms with E-state index in [1.165, 1.54) is 10.6 Å². The van der Waals surface area contributed by atoms with Crippen LogP contribution in [0.3, 0.4) is 0 Å². The topological polar surface area (TPSA) is 46.6 Å². The molecule has 4 nitrogen and oxygen atoms in total. The average Bonchev–Trinajstić information content (AvgIpc) is 2.27. The van der Waals surface area contributed by atoms with Gasteiger partial charge in [0.15, 0.2) is 0 Å². The minimum absolute atomic E-state index is 0.327. The molecule has 0 aliphatic carbocycles. The fourth-order valence-corrected chi connectivity index (χ4v) is 2.71. The van der Waals surface area contributed by atoms with E-state index in [4.69, 9.17) is 4.74 Å². The normalized spacial score (nSPS) is 11.6. The van der Waals surface area contributed by atoms with E-state index < -0.39 is 10.0 Å². The number of hydrogen-bond acceptors (Lipinski definition) is 3. The van der Waals surface area contributed by atoms with E-state index in [1.54, 1.807) is 6.07 Å². The van der Waals surface area contributed by atoms with Crippen molar-refractivity contribution >= 4 is 31.6 Å². The molecule has 0 fully saturated rings. The third kappa shape index (κ3) is 4.26. The molecule has 0 heterocycles. The summed E-state index contributed by atoms with van der Waals surface area (Å²) in [6.45, 7) is 5.11. The molecule has 0 saturated carbocycles. The van der Waals surface area contributed by atoms with Crippen LogP contribution in [0, 0.1) is 6.92 Å². The molecule has 0 aliphatic rings. The lowest BCUT2D eigenvalue weighted by atomic mass is 10.2. The van der Waals surface area contributed by atoms with E-state index in [0.717, 1.165) is 10.0 Å². The summed E-state index contributed by atoms with van der Waals surface area (Å²) in [6, 6.07) is 5.48. The standard InChI is InChI=1S/C12H18BrNO3S/c1-4-17-8-7-14(18(3,15)16)11-5-6-12(13)10(2)9-11/h5-6,9H,4,7-8H2,1-3H3. The second kappa shape index (κ2) is 6.54. The van der Waals surface area contributed by atoms with Gasteiger partial charge in [0.05, 0.1) is 25.1 Å². The Kier molecular flexibility index (Phi) is 5.62. The summed E-state index contributed by atoms with van der Waals surface area (Å²) in [6.07, 6.45) is 1.20. The zero-order valence-electron chi connectivity index (χ0n) is 10.8. The van der Waals surface area contributed by atoms with Crippen LogP contribution < -0.4 is 4.31 Å². The second-order valence-corrected chi connectivity index (χ2v) is 6.73. The Morgan fingerprint density at radius 2 is 2.06 bits per heavy atom. The van der Waals surface area contributed by atoms with Crippen molar-refractivity contribution in [2.45, 2.75) is 13.8 Å². The molecule has 0 unspecified atom stereocenters. The second-order valence-electron chi connectivity index (χ2n) is 3.97. The number of nitrogens with zero attached hydrogens (tertiary/aromatic N) is 1. The number of ether oxygens (including phenoxy) is 1. The largest absolute Gasteiger partial charge is 0.380 e. The highest BCUT2D eigenvalue weighted by atomic mass is 79.9. The van der Waals surface area contributed by atoms with Crippen molar-refractivity contribution in [2.75, 3.05) is 30.3 Å². The molecule has 0 saturated heterocycles. The molecular weight excluding hydrogens is 318 g/mol. The molecule has 0 atom stereocenters. The third-order valence-electron chi connectivity index (χ3n) is 2.47. The number of rotatable bonds is 6. The monoisotopic (exact) mass is 335 g/mol. The zero-order valence-corrected chi connectivity index (χ0v) is 13.2. The van der Waals surface area contributed by atoms with E-state index >= 15 is 0 Å². The quantitative estimate of drug-likeness (QED) is 0.750. The van der Waals surface area contributed by atoms with Crippen molar-refractivity contribution in [3.63, 3.8) is 0 Å². The number of benzene rings is 1. The first-order valence-corrected chi connectivity index (χ1v) is 8.32. The highest BCUT2D eigenvalue weighted by molar-refractivity contribution is 9.10. The first-order chi connectivity index (χ1) is 8.36. The van der Waals surface area contributed by atoms with Crippen LogP contribution in [-0.4, -0.2) is 34.4 Å². The molecule has 0 N–H and O–H groups in total. The van der Waals surface area contributed by atoms with Gasteiger partial charge in [0.1, 0.15) is 0 Å². The van der Waals surface area contributed by atoms with Crippen molar-refractivity contribution in [1.82, 2.24) is 0 Å². The molecule has 0 radical (unpaired) electrons. The lowest BCUT2D eigenvalue weighted by molar-refractivity contribution is 0.156.